The molecule has 84 valence electrons. The van der Waals surface area contributed by atoms with E-state index in [9.17, 15) is 4.79 Å². The first-order valence-electron chi connectivity index (χ1n) is 4.82. The molecule has 0 aliphatic carbocycles. The second-order valence-corrected chi connectivity index (χ2v) is 3.68. The van der Waals surface area contributed by atoms with E-state index in [0.29, 0.717) is 13.1 Å². The Morgan fingerprint density at radius 1 is 1.53 bits per heavy atom. The summed E-state index contributed by atoms with van der Waals surface area (Å²) < 4.78 is 5.03. The molecular formula is C10H16N2O3. The molecule has 0 aromatic carbocycles. The van der Waals surface area contributed by atoms with Crippen molar-refractivity contribution in [1.82, 2.24) is 10.1 Å². The van der Waals surface area contributed by atoms with Gasteiger partial charge in [-0.2, -0.15) is 0 Å². The van der Waals surface area contributed by atoms with Crippen LogP contribution in [0.4, 0.5) is 0 Å². The smallest absolute Gasteiger partial charge is 0.304 e. The van der Waals surface area contributed by atoms with Crippen LogP contribution in [0.3, 0.4) is 0 Å². The maximum Gasteiger partial charge on any atom is 0.304 e. The highest BCUT2D eigenvalue weighted by Gasteiger charge is 2.11. The number of carbonyl (C=O) groups is 1. The Kier molecular flexibility index (Phi) is 3.85. The fraction of sp³-hybridized carbons (Fsp3) is 0.600. The van der Waals surface area contributed by atoms with Gasteiger partial charge >= 0.3 is 5.97 Å². The molecule has 0 aliphatic rings. The standard InChI is InChI=1S/C10H16N2O3/c1-7-9(8(2)15-11-7)6-12(3)5-4-10(13)14/h4-6H2,1-3H3,(H,13,14). The van der Waals surface area contributed by atoms with E-state index in [1.807, 2.05) is 25.8 Å². The van der Waals surface area contributed by atoms with E-state index in [4.69, 9.17) is 9.63 Å². The van der Waals surface area contributed by atoms with Gasteiger partial charge in [0, 0.05) is 18.7 Å². The van der Waals surface area contributed by atoms with Crippen molar-refractivity contribution in [3.8, 4) is 0 Å². The zero-order valence-corrected chi connectivity index (χ0v) is 9.28. The van der Waals surface area contributed by atoms with Crippen molar-refractivity contribution in [3.63, 3.8) is 0 Å². The minimum Gasteiger partial charge on any atom is -0.481 e. The van der Waals surface area contributed by atoms with E-state index < -0.39 is 5.97 Å². The Morgan fingerprint density at radius 3 is 2.67 bits per heavy atom. The minimum atomic E-state index is -0.777. The number of rotatable bonds is 5. The number of carboxylic acid groups (broad SMARTS) is 1. The lowest BCUT2D eigenvalue weighted by Crippen LogP contribution is -2.21. The highest BCUT2D eigenvalue weighted by molar-refractivity contribution is 5.66. The van der Waals surface area contributed by atoms with Gasteiger partial charge in [-0.1, -0.05) is 5.16 Å². The Hall–Kier alpha value is -1.36. The van der Waals surface area contributed by atoms with Crippen molar-refractivity contribution in [2.24, 2.45) is 0 Å². The summed E-state index contributed by atoms with van der Waals surface area (Å²) >= 11 is 0. The molecule has 0 amide bonds. The summed E-state index contributed by atoms with van der Waals surface area (Å²) in [6.07, 6.45) is 0.153. The molecular weight excluding hydrogens is 196 g/mol. The van der Waals surface area contributed by atoms with Gasteiger partial charge in [-0.25, -0.2) is 0 Å². The van der Waals surface area contributed by atoms with Crippen LogP contribution in [0, 0.1) is 13.8 Å². The van der Waals surface area contributed by atoms with E-state index >= 15 is 0 Å². The average Bonchev–Trinajstić information content (AvgIpc) is 2.46. The van der Waals surface area contributed by atoms with Crippen molar-refractivity contribution in [2.75, 3.05) is 13.6 Å². The lowest BCUT2D eigenvalue weighted by atomic mass is 10.2. The molecule has 0 saturated carbocycles. The predicted molar refractivity (Wildman–Crippen MR) is 54.6 cm³/mol. The van der Waals surface area contributed by atoms with Gasteiger partial charge in [0.05, 0.1) is 12.1 Å². The lowest BCUT2D eigenvalue weighted by molar-refractivity contribution is -0.137. The molecule has 0 saturated heterocycles. The fourth-order valence-corrected chi connectivity index (χ4v) is 1.36. The van der Waals surface area contributed by atoms with E-state index in [1.165, 1.54) is 0 Å². The molecule has 1 aromatic rings. The molecule has 15 heavy (non-hydrogen) atoms. The molecule has 1 N–H and O–H groups in total. The summed E-state index contributed by atoms with van der Waals surface area (Å²) in [5, 5.41) is 12.4. The van der Waals surface area contributed by atoms with Gasteiger partial charge in [0.15, 0.2) is 0 Å². The summed E-state index contributed by atoms with van der Waals surface area (Å²) in [7, 11) is 1.88. The van der Waals surface area contributed by atoms with E-state index in [1.54, 1.807) is 0 Å². The van der Waals surface area contributed by atoms with Crippen LogP contribution in [0.15, 0.2) is 4.52 Å². The first-order valence-corrected chi connectivity index (χ1v) is 4.82. The maximum absolute atomic E-state index is 10.4. The number of nitrogens with zero attached hydrogens (tertiary/aromatic N) is 2. The first-order chi connectivity index (χ1) is 7.00. The molecule has 5 heteroatoms. The number of hydrogen-bond acceptors (Lipinski definition) is 4. The first kappa shape index (κ1) is 11.7. The monoisotopic (exact) mass is 212 g/mol. The Morgan fingerprint density at radius 2 is 2.20 bits per heavy atom. The zero-order valence-electron chi connectivity index (χ0n) is 9.28. The van der Waals surface area contributed by atoms with Crippen LogP contribution in [0.1, 0.15) is 23.4 Å². The maximum atomic E-state index is 10.4. The molecule has 0 aliphatic heterocycles. The largest absolute Gasteiger partial charge is 0.481 e. The molecule has 0 atom stereocenters. The van der Waals surface area contributed by atoms with Crippen LogP contribution >= 0.6 is 0 Å². The van der Waals surface area contributed by atoms with Crippen LogP contribution in [-0.4, -0.2) is 34.7 Å². The van der Waals surface area contributed by atoms with Gasteiger partial charge in [-0.05, 0) is 20.9 Å². The average molecular weight is 212 g/mol. The molecule has 1 heterocycles. The fourth-order valence-electron chi connectivity index (χ4n) is 1.36. The second kappa shape index (κ2) is 4.93. The number of aryl methyl sites for hydroxylation is 2. The summed E-state index contributed by atoms with van der Waals surface area (Å²) in [6.45, 7) is 4.95. The third kappa shape index (κ3) is 3.36. The molecule has 1 aromatic heterocycles. The molecule has 0 fully saturated rings. The van der Waals surface area contributed by atoms with Gasteiger partial charge in [0.2, 0.25) is 0 Å². The van der Waals surface area contributed by atoms with Crippen molar-refractivity contribution in [1.29, 1.82) is 0 Å². The van der Waals surface area contributed by atoms with Crippen LogP contribution in [-0.2, 0) is 11.3 Å². The second-order valence-electron chi connectivity index (χ2n) is 3.68. The predicted octanol–water partition coefficient (Wildman–Crippen LogP) is 1.20. The van der Waals surface area contributed by atoms with Gasteiger partial charge in [-0.3, -0.25) is 4.79 Å². The summed E-state index contributed by atoms with van der Waals surface area (Å²) in [6, 6.07) is 0. The quantitative estimate of drug-likeness (QED) is 0.794. The van der Waals surface area contributed by atoms with Crippen molar-refractivity contribution >= 4 is 5.97 Å². The molecule has 0 unspecified atom stereocenters. The van der Waals surface area contributed by atoms with E-state index in [0.717, 1.165) is 17.0 Å². The zero-order chi connectivity index (χ0) is 11.4. The van der Waals surface area contributed by atoms with Crippen molar-refractivity contribution in [3.05, 3.63) is 17.0 Å². The highest BCUT2D eigenvalue weighted by Crippen LogP contribution is 2.14. The molecule has 1 rings (SSSR count). The summed E-state index contributed by atoms with van der Waals surface area (Å²) in [4.78, 5) is 12.3. The SMILES string of the molecule is Cc1noc(C)c1CN(C)CCC(=O)O. The Labute approximate surface area is 88.7 Å². The topological polar surface area (TPSA) is 66.6 Å². The number of aromatic nitrogens is 1. The van der Waals surface area contributed by atoms with Crippen LogP contribution in [0.25, 0.3) is 0 Å². The van der Waals surface area contributed by atoms with Gasteiger partial charge in [0.25, 0.3) is 0 Å². The Balaban J connectivity index is 2.51. The number of hydrogen-bond donors (Lipinski definition) is 1. The molecule has 0 radical (unpaired) electrons. The molecule has 5 nitrogen and oxygen atoms in total. The summed E-state index contributed by atoms with van der Waals surface area (Å²) in [5.41, 5.74) is 1.91. The third-order valence-corrected chi connectivity index (χ3v) is 2.32. The lowest BCUT2D eigenvalue weighted by Gasteiger charge is -2.14. The van der Waals surface area contributed by atoms with E-state index in [2.05, 4.69) is 5.16 Å². The van der Waals surface area contributed by atoms with Crippen molar-refractivity contribution < 1.29 is 14.4 Å². The van der Waals surface area contributed by atoms with Crippen LogP contribution in [0.5, 0.6) is 0 Å². The number of carboxylic acids is 1. The van der Waals surface area contributed by atoms with Crippen LogP contribution < -0.4 is 0 Å². The van der Waals surface area contributed by atoms with E-state index in [-0.39, 0.29) is 6.42 Å². The summed E-state index contributed by atoms with van der Waals surface area (Å²) in [5.74, 6) is 0.0234. The molecule has 0 bridgehead atoms. The third-order valence-electron chi connectivity index (χ3n) is 2.32. The van der Waals surface area contributed by atoms with Crippen LogP contribution in [0.2, 0.25) is 0 Å². The normalized spacial score (nSPS) is 10.9. The highest BCUT2D eigenvalue weighted by atomic mass is 16.5. The van der Waals surface area contributed by atoms with Gasteiger partial charge in [-0.15, -0.1) is 0 Å². The van der Waals surface area contributed by atoms with Gasteiger partial charge < -0.3 is 14.5 Å². The number of aliphatic carboxylic acids is 1. The van der Waals surface area contributed by atoms with Gasteiger partial charge in [0.1, 0.15) is 5.76 Å². The van der Waals surface area contributed by atoms with Crippen molar-refractivity contribution in [2.45, 2.75) is 26.8 Å². The minimum absolute atomic E-state index is 0.153. The Bertz CT molecular complexity index is 327. The molecule has 0 spiro atoms.